The average Bonchev–Trinajstić information content (AvgIpc) is 2.69. The van der Waals surface area contributed by atoms with Crippen LogP contribution >= 0.6 is 12.2 Å². The summed E-state index contributed by atoms with van der Waals surface area (Å²) in [4.78, 5) is 18.4. The van der Waals surface area contributed by atoms with Crippen LogP contribution in [0.1, 0.15) is 17.3 Å². The molecule has 142 valence electrons. The quantitative estimate of drug-likeness (QED) is 0.612. The molecule has 2 aliphatic heterocycles. The highest BCUT2D eigenvalue weighted by molar-refractivity contribution is 7.80. The smallest absolute Gasteiger partial charge is 0.169 e. The monoisotopic (exact) mass is 376 g/mol. The molecule has 0 atom stereocenters. The van der Waals surface area contributed by atoms with E-state index >= 15 is 0 Å². The molecule has 2 aliphatic rings. The third-order valence-electron chi connectivity index (χ3n) is 5.01. The van der Waals surface area contributed by atoms with Crippen molar-refractivity contribution in [3.63, 3.8) is 0 Å². The van der Waals surface area contributed by atoms with Gasteiger partial charge in [0, 0.05) is 63.6 Å². The SMILES string of the molecule is CC(=O)c1ccc(N2CCN(C(=S)NCCN3CCOCC3)CC2)cc1. The Morgan fingerprint density at radius 1 is 1.08 bits per heavy atom. The number of benzene rings is 1. The lowest BCUT2D eigenvalue weighted by atomic mass is 10.1. The molecule has 0 bridgehead atoms. The van der Waals surface area contributed by atoms with Gasteiger partial charge < -0.3 is 19.9 Å². The van der Waals surface area contributed by atoms with Gasteiger partial charge in [-0.1, -0.05) is 0 Å². The van der Waals surface area contributed by atoms with Gasteiger partial charge in [0.05, 0.1) is 13.2 Å². The average molecular weight is 377 g/mol. The lowest BCUT2D eigenvalue weighted by Gasteiger charge is -2.37. The zero-order valence-corrected chi connectivity index (χ0v) is 16.3. The zero-order valence-electron chi connectivity index (χ0n) is 15.4. The standard InChI is InChI=1S/C19H28N4O2S/c1-16(24)17-2-4-18(5-3-17)22-8-10-23(11-9-22)19(26)20-6-7-21-12-14-25-15-13-21/h2-5H,6-15H2,1H3,(H,20,26). The Morgan fingerprint density at radius 2 is 1.73 bits per heavy atom. The number of nitrogens with one attached hydrogen (secondary N) is 1. The number of piperazine rings is 1. The number of rotatable bonds is 5. The molecule has 2 heterocycles. The van der Waals surface area contributed by atoms with Crippen molar-refractivity contribution in [2.45, 2.75) is 6.92 Å². The first-order chi connectivity index (χ1) is 12.6. The number of ketones is 1. The number of carbonyl (C=O) groups excluding carboxylic acids is 1. The third-order valence-corrected chi connectivity index (χ3v) is 5.42. The predicted molar refractivity (Wildman–Crippen MR) is 108 cm³/mol. The highest BCUT2D eigenvalue weighted by atomic mass is 32.1. The van der Waals surface area contributed by atoms with E-state index in [0.29, 0.717) is 0 Å². The maximum Gasteiger partial charge on any atom is 0.169 e. The molecule has 1 aromatic carbocycles. The normalized spacial score (nSPS) is 18.7. The Labute approximate surface area is 161 Å². The summed E-state index contributed by atoms with van der Waals surface area (Å²) in [5, 5.41) is 4.24. The van der Waals surface area contributed by atoms with Crippen LogP contribution < -0.4 is 10.2 Å². The van der Waals surface area contributed by atoms with Crippen LogP contribution in [-0.2, 0) is 4.74 Å². The maximum atomic E-state index is 11.4. The van der Waals surface area contributed by atoms with E-state index < -0.39 is 0 Å². The molecule has 2 fully saturated rings. The number of thiocarbonyl (C=S) groups is 1. The van der Waals surface area contributed by atoms with E-state index in [1.807, 2.05) is 24.3 Å². The number of nitrogens with zero attached hydrogens (tertiary/aromatic N) is 3. The first kappa shape index (κ1) is 19.1. The molecule has 0 unspecified atom stereocenters. The number of anilines is 1. The van der Waals surface area contributed by atoms with Crippen molar-refractivity contribution in [3.05, 3.63) is 29.8 Å². The Kier molecular flexibility index (Phi) is 6.82. The van der Waals surface area contributed by atoms with Crippen molar-refractivity contribution in [1.82, 2.24) is 15.1 Å². The van der Waals surface area contributed by atoms with Crippen LogP contribution in [0.2, 0.25) is 0 Å². The van der Waals surface area contributed by atoms with Crippen molar-refractivity contribution < 1.29 is 9.53 Å². The molecule has 0 spiro atoms. The number of hydrogen-bond donors (Lipinski definition) is 1. The van der Waals surface area contributed by atoms with E-state index in [1.165, 1.54) is 5.69 Å². The van der Waals surface area contributed by atoms with Crippen LogP contribution in [0.4, 0.5) is 5.69 Å². The minimum atomic E-state index is 0.106. The lowest BCUT2D eigenvalue weighted by Crippen LogP contribution is -2.52. The summed E-state index contributed by atoms with van der Waals surface area (Å²) in [5.74, 6) is 0.106. The summed E-state index contributed by atoms with van der Waals surface area (Å²) in [6.07, 6.45) is 0. The number of morpholine rings is 1. The zero-order chi connectivity index (χ0) is 18.4. The third kappa shape index (κ3) is 5.16. The fourth-order valence-corrected chi connectivity index (χ4v) is 3.62. The van der Waals surface area contributed by atoms with Gasteiger partial charge in [0.1, 0.15) is 0 Å². The van der Waals surface area contributed by atoms with E-state index in [-0.39, 0.29) is 5.78 Å². The van der Waals surface area contributed by atoms with Crippen LogP contribution in [0.25, 0.3) is 0 Å². The van der Waals surface area contributed by atoms with E-state index in [9.17, 15) is 4.79 Å². The minimum absolute atomic E-state index is 0.106. The van der Waals surface area contributed by atoms with Gasteiger partial charge in [0.15, 0.2) is 10.9 Å². The number of ether oxygens (including phenoxy) is 1. The van der Waals surface area contributed by atoms with E-state index in [0.717, 1.165) is 76.2 Å². The second-order valence-corrected chi connectivity index (χ2v) is 7.15. The highest BCUT2D eigenvalue weighted by Crippen LogP contribution is 2.17. The summed E-state index contributed by atoms with van der Waals surface area (Å²) in [6.45, 7) is 10.9. The van der Waals surface area contributed by atoms with E-state index in [2.05, 4.69) is 20.0 Å². The van der Waals surface area contributed by atoms with Gasteiger partial charge in [-0.3, -0.25) is 9.69 Å². The second kappa shape index (κ2) is 9.30. The van der Waals surface area contributed by atoms with Gasteiger partial charge in [-0.2, -0.15) is 0 Å². The second-order valence-electron chi connectivity index (χ2n) is 6.76. The van der Waals surface area contributed by atoms with Gasteiger partial charge in [-0.15, -0.1) is 0 Å². The van der Waals surface area contributed by atoms with Gasteiger partial charge in [-0.05, 0) is 43.4 Å². The molecule has 1 aromatic rings. The van der Waals surface area contributed by atoms with Crippen LogP contribution in [-0.4, -0.2) is 86.3 Å². The minimum Gasteiger partial charge on any atom is -0.379 e. The van der Waals surface area contributed by atoms with Crippen molar-refractivity contribution in [1.29, 1.82) is 0 Å². The Balaban J connectivity index is 1.39. The van der Waals surface area contributed by atoms with Gasteiger partial charge in [-0.25, -0.2) is 0 Å². The summed E-state index contributed by atoms with van der Waals surface area (Å²) >= 11 is 5.56. The summed E-state index contributed by atoms with van der Waals surface area (Å²) in [7, 11) is 0. The van der Waals surface area contributed by atoms with E-state index in [1.54, 1.807) is 6.92 Å². The lowest BCUT2D eigenvalue weighted by molar-refractivity contribution is 0.0388. The summed E-state index contributed by atoms with van der Waals surface area (Å²) in [5.41, 5.74) is 1.93. The molecular formula is C19H28N4O2S. The Bertz CT molecular complexity index is 608. The molecule has 26 heavy (non-hydrogen) atoms. The molecule has 6 nitrogen and oxygen atoms in total. The molecule has 3 rings (SSSR count). The van der Waals surface area contributed by atoms with Gasteiger partial charge >= 0.3 is 0 Å². The van der Waals surface area contributed by atoms with Crippen LogP contribution in [0.15, 0.2) is 24.3 Å². The molecular weight excluding hydrogens is 348 g/mol. The van der Waals surface area contributed by atoms with Crippen LogP contribution in [0.3, 0.4) is 0 Å². The van der Waals surface area contributed by atoms with Gasteiger partial charge in [0.25, 0.3) is 0 Å². The van der Waals surface area contributed by atoms with Crippen molar-refractivity contribution >= 4 is 28.8 Å². The fraction of sp³-hybridized carbons (Fsp3) is 0.579. The first-order valence-corrected chi connectivity index (χ1v) is 9.73. The fourth-order valence-electron chi connectivity index (χ4n) is 3.33. The first-order valence-electron chi connectivity index (χ1n) is 9.32. The molecule has 0 amide bonds. The highest BCUT2D eigenvalue weighted by Gasteiger charge is 2.19. The van der Waals surface area contributed by atoms with Crippen LogP contribution in [0.5, 0.6) is 0 Å². The van der Waals surface area contributed by atoms with Crippen LogP contribution in [0, 0.1) is 0 Å². The largest absolute Gasteiger partial charge is 0.379 e. The molecule has 0 radical (unpaired) electrons. The summed E-state index contributed by atoms with van der Waals surface area (Å²) < 4.78 is 5.37. The molecule has 0 aromatic heterocycles. The van der Waals surface area contributed by atoms with E-state index in [4.69, 9.17) is 17.0 Å². The number of carbonyl (C=O) groups is 1. The molecule has 0 aliphatic carbocycles. The molecule has 7 heteroatoms. The van der Waals surface area contributed by atoms with Gasteiger partial charge in [0.2, 0.25) is 0 Å². The number of hydrogen-bond acceptors (Lipinski definition) is 5. The van der Waals surface area contributed by atoms with Crippen molar-refractivity contribution in [2.75, 3.05) is 70.5 Å². The van der Waals surface area contributed by atoms with Crippen molar-refractivity contribution in [2.24, 2.45) is 0 Å². The number of Topliss-reactive ketones (excluding diaryl/α,β-unsaturated/α-hetero) is 1. The van der Waals surface area contributed by atoms with Crippen molar-refractivity contribution in [3.8, 4) is 0 Å². The Morgan fingerprint density at radius 3 is 2.35 bits per heavy atom. The maximum absolute atomic E-state index is 11.4. The topological polar surface area (TPSA) is 48.1 Å². The molecule has 1 N–H and O–H groups in total. The molecule has 0 saturated carbocycles. The Hall–Kier alpha value is -1.70. The predicted octanol–water partition coefficient (Wildman–Crippen LogP) is 1.22. The molecule has 2 saturated heterocycles. The summed E-state index contributed by atoms with van der Waals surface area (Å²) in [6, 6.07) is 7.88.